The fraction of sp³-hybridized carbons (Fsp3) is 0.500. The second kappa shape index (κ2) is 10.2. The Balaban J connectivity index is 2.67. The molecule has 0 saturated carbocycles. The Hall–Kier alpha value is -0.770. The molecule has 3 rings (SSSR count). The molecule has 0 aromatic heterocycles. The molecule has 9 nitrogen and oxygen atoms in total. The Morgan fingerprint density at radius 2 is 1.67 bits per heavy atom. The third-order valence-electron chi connectivity index (χ3n) is 4.32. The van der Waals surface area contributed by atoms with Crippen LogP contribution in [0.1, 0.15) is 38.8 Å². The molecule has 0 amide bonds. The summed E-state index contributed by atoms with van der Waals surface area (Å²) in [5, 5.41) is 5.18. The maximum Gasteiger partial charge on any atom is 0.538 e. The van der Waals surface area contributed by atoms with E-state index in [1.165, 1.54) is 4.67 Å². The van der Waals surface area contributed by atoms with Crippen molar-refractivity contribution in [3.8, 4) is 0 Å². The first-order valence-corrected chi connectivity index (χ1v) is 13.4. The van der Waals surface area contributed by atoms with Crippen molar-refractivity contribution in [3.05, 3.63) is 22.2 Å². The first-order valence-electron chi connectivity index (χ1n) is 9.25. The van der Waals surface area contributed by atoms with Crippen LogP contribution in [-0.2, 0) is 35.3 Å². The number of anilines is 2. The van der Waals surface area contributed by atoms with Gasteiger partial charge in [-0.05, 0) is 54.5 Å². The van der Waals surface area contributed by atoms with E-state index in [1.54, 1.807) is 19.9 Å². The highest BCUT2D eigenvalue weighted by atomic mass is 35.5. The standard InChI is InChI=1S/C16H24ClN3O6P2S2/c1-5-10-9-12-13(17)11(6-2)14(10)19-16(30)24-27(21,20(7-3)8-4)26-28(22,23)25-15(29)18-12/h9H,5-8H2,1-4H3,(H,18,29)(H,19,30)(H,22,23). The zero-order chi connectivity index (χ0) is 22.7. The van der Waals surface area contributed by atoms with Gasteiger partial charge in [-0.25, -0.2) is 9.13 Å². The van der Waals surface area contributed by atoms with Crippen molar-refractivity contribution >= 4 is 73.3 Å². The zero-order valence-electron chi connectivity index (χ0n) is 16.9. The molecule has 2 unspecified atom stereocenters. The summed E-state index contributed by atoms with van der Waals surface area (Å²) in [6.45, 7) is 7.59. The predicted octanol–water partition coefficient (Wildman–Crippen LogP) is 5.47. The van der Waals surface area contributed by atoms with E-state index in [4.69, 9.17) is 49.4 Å². The van der Waals surface area contributed by atoms with Gasteiger partial charge in [0, 0.05) is 18.8 Å². The molecule has 2 bridgehead atoms. The van der Waals surface area contributed by atoms with Crippen LogP contribution >= 0.6 is 51.6 Å². The molecule has 0 radical (unpaired) electrons. The Labute approximate surface area is 191 Å². The van der Waals surface area contributed by atoms with Gasteiger partial charge < -0.3 is 19.7 Å². The number of rotatable bonds is 5. The highest BCUT2D eigenvalue weighted by molar-refractivity contribution is 7.81. The molecular formula is C16H24ClN3O6P2S2. The van der Waals surface area contributed by atoms with Gasteiger partial charge >= 0.3 is 15.6 Å². The van der Waals surface area contributed by atoms with Gasteiger partial charge in [-0.2, -0.15) is 8.98 Å². The van der Waals surface area contributed by atoms with Crippen molar-refractivity contribution in [2.24, 2.45) is 0 Å². The molecule has 2 aliphatic rings. The average molecular weight is 516 g/mol. The molecule has 1 aromatic rings. The predicted molar refractivity (Wildman–Crippen MR) is 126 cm³/mol. The molecule has 2 heterocycles. The van der Waals surface area contributed by atoms with Gasteiger partial charge in [0.05, 0.1) is 10.7 Å². The van der Waals surface area contributed by atoms with Crippen LogP contribution in [0.5, 0.6) is 0 Å². The number of aryl methyl sites for hydroxylation is 1. The molecule has 0 fully saturated rings. The summed E-state index contributed by atoms with van der Waals surface area (Å²) < 4.78 is 42.5. The zero-order valence-corrected chi connectivity index (χ0v) is 21.1. The Morgan fingerprint density at radius 3 is 2.20 bits per heavy atom. The number of halogens is 1. The summed E-state index contributed by atoms with van der Waals surface area (Å²) in [4.78, 5) is 10.2. The number of thiocarbonyl (C=S) groups is 2. The first-order chi connectivity index (χ1) is 14.0. The number of phosphoric ester groups is 1. The van der Waals surface area contributed by atoms with Crippen LogP contribution in [0.2, 0.25) is 5.02 Å². The molecule has 14 heteroatoms. The van der Waals surface area contributed by atoms with Gasteiger partial charge in [0.2, 0.25) is 0 Å². The highest BCUT2D eigenvalue weighted by Gasteiger charge is 2.44. The van der Waals surface area contributed by atoms with Crippen molar-refractivity contribution in [1.82, 2.24) is 4.67 Å². The lowest BCUT2D eigenvalue weighted by atomic mass is 10.0. The van der Waals surface area contributed by atoms with Crippen LogP contribution in [-0.4, -0.2) is 33.0 Å². The fourth-order valence-electron chi connectivity index (χ4n) is 2.94. The van der Waals surface area contributed by atoms with E-state index in [0.29, 0.717) is 34.8 Å². The van der Waals surface area contributed by atoms with Crippen molar-refractivity contribution in [1.29, 1.82) is 0 Å². The Morgan fingerprint density at radius 1 is 1.07 bits per heavy atom. The molecule has 0 saturated heterocycles. The maximum atomic E-state index is 13.4. The van der Waals surface area contributed by atoms with Crippen LogP contribution in [0.25, 0.3) is 0 Å². The molecule has 30 heavy (non-hydrogen) atoms. The number of benzene rings is 1. The lowest BCUT2D eigenvalue weighted by Crippen LogP contribution is -2.26. The van der Waals surface area contributed by atoms with Gasteiger partial charge in [-0.15, -0.1) is 0 Å². The third kappa shape index (κ3) is 5.72. The topological polar surface area (TPSA) is 109 Å². The van der Waals surface area contributed by atoms with Gasteiger partial charge in [0.15, 0.2) is 0 Å². The van der Waals surface area contributed by atoms with Crippen LogP contribution < -0.4 is 10.6 Å². The summed E-state index contributed by atoms with van der Waals surface area (Å²) >= 11 is 16.8. The average Bonchev–Trinajstić information content (AvgIpc) is 2.63. The number of hydrogen-bond donors (Lipinski definition) is 3. The van der Waals surface area contributed by atoms with E-state index in [1.807, 2.05) is 13.8 Å². The Bertz CT molecular complexity index is 944. The summed E-state index contributed by atoms with van der Waals surface area (Å²) in [5.41, 5.74) is 2.51. The number of phosphoric acid groups is 1. The molecule has 0 spiro atoms. The summed E-state index contributed by atoms with van der Waals surface area (Å²) in [6.07, 6.45) is 1.13. The molecule has 2 atom stereocenters. The Kier molecular flexibility index (Phi) is 8.69. The van der Waals surface area contributed by atoms with E-state index in [9.17, 15) is 14.0 Å². The van der Waals surface area contributed by atoms with E-state index in [-0.39, 0.29) is 18.3 Å². The van der Waals surface area contributed by atoms with Crippen LogP contribution in [0.4, 0.5) is 11.4 Å². The maximum absolute atomic E-state index is 13.4. The van der Waals surface area contributed by atoms with Crippen molar-refractivity contribution in [2.45, 2.75) is 40.5 Å². The lowest BCUT2D eigenvalue weighted by molar-refractivity contribution is 0.236. The number of hydrogen-bond acceptors (Lipinski definition) is 7. The summed E-state index contributed by atoms with van der Waals surface area (Å²) in [5.74, 6) is 0. The summed E-state index contributed by atoms with van der Waals surface area (Å²) in [6, 6.07) is 1.72. The number of nitrogens with zero attached hydrogens (tertiary/aromatic N) is 1. The lowest BCUT2D eigenvalue weighted by Gasteiger charge is -2.29. The fourth-order valence-corrected chi connectivity index (χ4v) is 7.09. The van der Waals surface area contributed by atoms with E-state index >= 15 is 0 Å². The van der Waals surface area contributed by atoms with Gasteiger partial charge in [-0.3, -0.25) is 4.89 Å². The normalized spacial score (nSPS) is 24.8. The minimum absolute atomic E-state index is 0.194. The molecule has 0 aliphatic carbocycles. The summed E-state index contributed by atoms with van der Waals surface area (Å²) in [7, 11) is -9.32. The van der Waals surface area contributed by atoms with Gasteiger partial charge in [0.25, 0.3) is 10.3 Å². The molecule has 1 aromatic carbocycles. The minimum Gasteiger partial charge on any atom is -0.386 e. The smallest absolute Gasteiger partial charge is 0.386 e. The van der Waals surface area contributed by atoms with E-state index in [2.05, 4.69) is 10.6 Å². The van der Waals surface area contributed by atoms with Crippen molar-refractivity contribution < 1.29 is 27.4 Å². The van der Waals surface area contributed by atoms with Crippen LogP contribution in [0, 0.1) is 0 Å². The van der Waals surface area contributed by atoms with Crippen LogP contribution in [0.3, 0.4) is 0 Å². The van der Waals surface area contributed by atoms with Gasteiger partial charge in [0.1, 0.15) is 0 Å². The minimum atomic E-state index is -4.95. The molecule has 3 N–H and O–H groups in total. The second-order valence-corrected chi connectivity index (χ2v) is 10.7. The third-order valence-corrected chi connectivity index (χ3v) is 9.11. The number of fused-ring (bicyclic) bond motifs is 10. The first kappa shape index (κ1) is 25.5. The van der Waals surface area contributed by atoms with Crippen LogP contribution in [0.15, 0.2) is 6.07 Å². The molecule has 2 aliphatic heterocycles. The monoisotopic (exact) mass is 515 g/mol. The molecular weight excluding hydrogens is 492 g/mol. The highest BCUT2D eigenvalue weighted by Crippen LogP contribution is 2.65. The number of nitrogens with one attached hydrogen (secondary N) is 2. The quantitative estimate of drug-likeness (QED) is 0.343. The van der Waals surface area contributed by atoms with Crippen molar-refractivity contribution in [3.63, 3.8) is 0 Å². The second-order valence-electron chi connectivity index (χ2n) is 6.12. The van der Waals surface area contributed by atoms with Gasteiger partial charge in [-0.1, -0.05) is 39.3 Å². The SMILES string of the molecule is CCc1cc2c(Cl)c(CC)c1NC(=S)OP(=O)(N(CC)CC)OP(=O)(O)OC(=S)N2. The molecule has 168 valence electrons. The van der Waals surface area contributed by atoms with Crippen molar-refractivity contribution in [2.75, 3.05) is 23.7 Å². The van der Waals surface area contributed by atoms with E-state index in [0.717, 1.165) is 5.56 Å². The van der Waals surface area contributed by atoms with E-state index < -0.39 is 20.7 Å². The largest absolute Gasteiger partial charge is 0.538 e.